The predicted octanol–water partition coefficient (Wildman–Crippen LogP) is 3.29. The maximum absolute atomic E-state index is 12.1. The minimum Gasteiger partial charge on any atom is -0.307 e. The Balaban J connectivity index is 1.83. The van der Waals surface area contributed by atoms with E-state index in [1.54, 1.807) is 11.8 Å². The minimum atomic E-state index is -0.0115. The van der Waals surface area contributed by atoms with E-state index in [0.717, 1.165) is 39.4 Å². The van der Waals surface area contributed by atoms with Crippen LogP contribution in [0, 0.1) is 6.92 Å². The van der Waals surface area contributed by atoms with Gasteiger partial charge in [-0.05, 0) is 25.1 Å². The van der Waals surface area contributed by atoms with Crippen LogP contribution in [0.15, 0.2) is 36.4 Å². The molecule has 4 heterocycles. The predicted molar refractivity (Wildman–Crippen MR) is 105 cm³/mol. The number of carbonyl (C=O) groups is 1. The first-order chi connectivity index (χ1) is 13.1. The van der Waals surface area contributed by atoms with Crippen molar-refractivity contribution in [2.75, 3.05) is 11.4 Å². The second kappa shape index (κ2) is 5.95. The van der Waals surface area contributed by atoms with Crippen LogP contribution in [0.1, 0.15) is 12.6 Å². The zero-order valence-electron chi connectivity index (χ0n) is 14.9. The summed E-state index contributed by atoms with van der Waals surface area (Å²) in [5, 5.41) is 0. The van der Waals surface area contributed by atoms with Gasteiger partial charge in [0.05, 0.1) is 23.1 Å². The van der Waals surface area contributed by atoms with Crippen LogP contribution in [0.5, 0.6) is 0 Å². The highest BCUT2D eigenvalue weighted by molar-refractivity contribution is 7.00. The summed E-state index contributed by atoms with van der Waals surface area (Å²) in [6, 6.07) is 11.8. The Bertz CT molecular complexity index is 1190. The molecule has 7 nitrogen and oxygen atoms in total. The quantitative estimate of drug-likeness (QED) is 0.536. The van der Waals surface area contributed by atoms with Crippen LogP contribution in [0.4, 0.5) is 5.95 Å². The minimum absolute atomic E-state index is 0.0115. The third-order valence-corrected chi connectivity index (χ3v) is 5.33. The molecule has 0 bridgehead atoms. The number of carbonyl (C=O) groups excluding carboxylic acids is 1. The number of fused-ring (bicyclic) bond motifs is 2. The van der Waals surface area contributed by atoms with E-state index in [1.165, 1.54) is 11.7 Å². The van der Waals surface area contributed by atoms with Crippen LogP contribution < -0.4 is 4.90 Å². The van der Waals surface area contributed by atoms with Crippen molar-refractivity contribution in [1.82, 2.24) is 23.3 Å². The molecule has 0 fully saturated rings. The highest BCUT2D eigenvalue weighted by Gasteiger charge is 2.31. The van der Waals surface area contributed by atoms with Crippen molar-refractivity contribution in [3.63, 3.8) is 0 Å². The van der Waals surface area contributed by atoms with Gasteiger partial charge in [0.25, 0.3) is 0 Å². The number of pyridine rings is 1. The van der Waals surface area contributed by atoms with Crippen molar-refractivity contribution in [1.29, 1.82) is 0 Å². The van der Waals surface area contributed by atoms with Gasteiger partial charge in [-0.15, -0.1) is 0 Å². The first-order valence-electron chi connectivity index (χ1n) is 8.68. The molecule has 0 aliphatic carbocycles. The zero-order valence-corrected chi connectivity index (χ0v) is 15.7. The van der Waals surface area contributed by atoms with Gasteiger partial charge >= 0.3 is 0 Å². The number of anilines is 1. The second-order valence-corrected chi connectivity index (χ2v) is 7.06. The van der Waals surface area contributed by atoms with E-state index < -0.39 is 0 Å². The average Bonchev–Trinajstić information content (AvgIpc) is 3.35. The third-order valence-electron chi connectivity index (χ3n) is 4.79. The van der Waals surface area contributed by atoms with E-state index in [0.29, 0.717) is 19.0 Å². The number of aromatic nitrogens is 5. The molecule has 0 atom stereocenters. The molecule has 1 aliphatic heterocycles. The van der Waals surface area contributed by atoms with Crippen molar-refractivity contribution in [3.05, 3.63) is 42.1 Å². The van der Waals surface area contributed by atoms with E-state index in [2.05, 4.69) is 18.3 Å². The molecule has 0 saturated carbocycles. The van der Waals surface area contributed by atoms with E-state index in [1.807, 2.05) is 43.3 Å². The molecule has 3 aromatic heterocycles. The Morgan fingerprint density at radius 2 is 1.93 bits per heavy atom. The number of imidazole rings is 1. The van der Waals surface area contributed by atoms with Crippen molar-refractivity contribution < 1.29 is 4.79 Å². The van der Waals surface area contributed by atoms with Crippen LogP contribution in [0.3, 0.4) is 0 Å². The molecule has 0 spiro atoms. The number of hydrogen-bond acceptors (Lipinski definition) is 6. The summed E-state index contributed by atoms with van der Waals surface area (Å²) >= 11 is 1.20. The van der Waals surface area contributed by atoms with E-state index in [9.17, 15) is 4.79 Å². The highest BCUT2D eigenvalue weighted by Crippen LogP contribution is 2.39. The van der Waals surface area contributed by atoms with Crippen LogP contribution in [0.25, 0.3) is 33.7 Å². The average molecular weight is 376 g/mol. The lowest BCUT2D eigenvalue weighted by molar-refractivity contribution is -0.116. The lowest BCUT2D eigenvalue weighted by Gasteiger charge is -2.09. The van der Waals surface area contributed by atoms with Gasteiger partial charge in [-0.1, -0.05) is 18.2 Å². The molecule has 1 aromatic carbocycles. The summed E-state index contributed by atoms with van der Waals surface area (Å²) in [6.45, 7) is 4.84. The van der Waals surface area contributed by atoms with Crippen LogP contribution in [-0.4, -0.2) is 35.7 Å². The standard InChI is InChI=1S/C19H16N6OS/c1-11-5-3-7-14(20-11)17-18(13-6-4-8-15-16(13)23-27-22-15)25-10-9-24(12(2)26)19(25)21-17/h3-8H,9-10H2,1-2H3. The van der Waals surface area contributed by atoms with Crippen LogP contribution >= 0.6 is 11.7 Å². The number of nitrogens with zero attached hydrogens (tertiary/aromatic N) is 6. The Morgan fingerprint density at radius 1 is 1.07 bits per heavy atom. The fourth-order valence-corrected chi connectivity index (χ4v) is 4.13. The molecule has 0 N–H and O–H groups in total. The van der Waals surface area contributed by atoms with Crippen molar-refractivity contribution in [2.24, 2.45) is 0 Å². The topological polar surface area (TPSA) is 76.8 Å². The Morgan fingerprint density at radius 3 is 2.74 bits per heavy atom. The summed E-state index contributed by atoms with van der Waals surface area (Å²) in [5.41, 5.74) is 6.08. The summed E-state index contributed by atoms with van der Waals surface area (Å²) < 4.78 is 11.0. The van der Waals surface area contributed by atoms with Crippen LogP contribution in [0.2, 0.25) is 0 Å². The molecule has 0 radical (unpaired) electrons. The van der Waals surface area contributed by atoms with Crippen molar-refractivity contribution >= 4 is 34.6 Å². The van der Waals surface area contributed by atoms with E-state index >= 15 is 0 Å². The van der Waals surface area contributed by atoms with Gasteiger partial charge in [0.2, 0.25) is 11.9 Å². The van der Waals surface area contributed by atoms with Gasteiger partial charge < -0.3 is 4.57 Å². The SMILES string of the molecule is CC(=O)N1CCn2c1nc(-c1cccc(C)n1)c2-c1cccc2nsnc12. The van der Waals surface area contributed by atoms with Gasteiger partial charge in [-0.3, -0.25) is 14.7 Å². The van der Waals surface area contributed by atoms with Gasteiger partial charge in [0.1, 0.15) is 16.7 Å². The molecular formula is C19H16N6OS. The number of rotatable bonds is 2. The third kappa shape index (κ3) is 2.44. The number of amides is 1. The normalized spacial score (nSPS) is 13.3. The van der Waals surface area contributed by atoms with Gasteiger partial charge in [0.15, 0.2) is 0 Å². The van der Waals surface area contributed by atoms with E-state index in [-0.39, 0.29) is 5.91 Å². The lowest BCUT2D eigenvalue weighted by atomic mass is 10.1. The molecule has 5 rings (SSSR count). The summed E-state index contributed by atoms with van der Waals surface area (Å²) in [4.78, 5) is 23.3. The number of benzene rings is 1. The fraction of sp³-hybridized carbons (Fsp3) is 0.211. The number of aryl methyl sites for hydroxylation is 1. The molecule has 8 heteroatoms. The Hall–Kier alpha value is -3.13. The molecule has 134 valence electrons. The zero-order chi connectivity index (χ0) is 18.5. The first-order valence-corrected chi connectivity index (χ1v) is 9.41. The maximum atomic E-state index is 12.1. The summed E-state index contributed by atoms with van der Waals surface area (Å²) in [5.74, 6) is 0.651. The molecule has 1 amide bonds. The molecule has 4 aromatic rings. The van der Waals surface area contributed by atoms with Crippen molar-refractivity contribution in [2.45, 2.75) is 20.4 Å². The number of hydrogen-bond donors (Lipinski definition) is 0. The van der Waals surface area contributed by atoms with Gasteiger partial charge in [-0.25, -0.2) is 4.98 Å². The Labute approximate surface area is 159 Å². The molecule has 1 aliphatic rings. The van der Waals surface area contributed by atoms with Crippen LogP contribution in [-0.2, 0) is 11.3 Å². The molecule has 27 heavy (non-hydrogen) atoms. The molecular weight excluding hydrogens is 360 g/mol. The fourth-order valence-electron chi connectivity index (χ4n) is 3.58. The summed E-state index contributed by atoms with van der Waals surface area (Å²) in [7, 11) is 0. The van der Waals surface area contributed by atoms with E-state index in [4.69, 9.17) is 4.98 Å². The molecule has 0 unspecified atom stereocenters. The molecule has 0 saturated heterocycles. The van der Waals surface area contributed by atoms with Gasteiger partial charge in [-0.2, -0.15) is 8.75 Å². The second-order valence-electron chi connectivity index (χ2n) is 6.53. The summed E-state index contributed by atoms with van der Waals surface area (Å²) in [6.07, 6.45) is 0. The lowest BCUT2D eigenvalue weighted by Crippen LogP contribution is -2.26. The van der Waals surface area contributed by atoms with Gasteiger partial charge in [0, 0.05) is 31.3 Å². The maximum Gasteiger partial charge on any atom is 0.226 e. The highest BCUT2D eigenvalue weighted by atomic mass is 32.1. The smallest absolute Gasteiger partial charge is 0.226 e. The van der Waals surface area contributed by atoms with Crippen molar-refractivity contribution in [3.8, 4) is 22.6 Å². The monoisotopic (exact) mass is 376 g/mol. The Kier molecular flexibility index (Phi) is 3.54. The largest absolute Gasteiger partial charge is 0.307 e. The first kappa shape index (κ1) is 16.1.